The molecule has 120 valence electrons. The topological polar surface area (TPSA) is 54.5 Å². The fourth-order valence-corrected chi connectivity index (χ4v) is 5.20. The van der Waals surface area contributed by atoms with Crippen LogP contribution in [0.2, 0.25) is 0 Å². The lowest BCUT2D eigenvalue weighted by molar-refractivity contribution is 0.0957. The van der Waals surface area contributed by atoms with E-state index in [1.807, 2.05) is 19.1 Å². The molecular formula is C17H16BrNO3S. The van der Waals surface area contributed by atoms with Gasteiger partial charge < -0.3 is 0 Å². The first-order chi connectivity index (χ1) is 10.9. The Labute approximate surface area is 144 Å². The van der Waals surface area contributed by atoms with E-state index in [0.29, 0.717) is 12.0 Å². The van der Waals surface area contributed by atoms with Crippen molar-refractivity contribution in [1.82, 2.24) is 4.31 Å². The second kappa shape index (κ2) is 6.19. The minimum absolute atomic E-state index is 0.200. The molecule has 0 amide bonds. The number of Topliss-reactive ketones (excluding diaryl/α,β-unsaturated/α-hetero) is 1. The maximum Gasteiger partial charge on any atom is 0.244 e. The molecule has 2 aromatic rings. The molecule has 0 fully saturated rings. The Morgan fingerprint density at radius 2 is 1.74 bits per heavy atom. The molecule has 0 saturated carbocycles. The summed E-state index contributed by atoms with van der Waals surface area (Å²) in [4.78, 5) is 11.9. The first kappa shape index (κ1) is 16.4. The summed E-state index contributed by atoms with van der Waals surface area (Å²) < 4.78 is 27.0. The summed E-state index contributed by atoms with van der Waals surface area (Å²) in [5.74, 6) is -0.228. The van der Waals surface area contributed by atoms with Crippen LogP contribution < -0.4 is 0 Å². The lowest BCUT2D eigenvalue weighted by atomic mass is 10.0. The lowest BCUT2D eigenvalue weighted by Gasteiger charge is -2.24. The second-order valence-electron chi connectivity index (χ2n) is 5.54. The number of hydrogen-bond donors (Lipinski definition) is 0. The highest BCUT2D eigenvalue weighted by atomic mass is 79.9. The number of fused-ring (bicyclic) bond motifs is 1. The van der Waals surface area contributed by atoms with Crippen molar-refractivity contribution in [2.45, 2.75) is 23.2 Å². The molecule has 6 heteroatoms. The highest BCUT2D eigenvalue weighted by Crippen LogP contribution is 2.28. The minimum atomic E-state index is -3.74. The van der Waals surface area contributed by atoms with Gasteiger partial charge in [0.05, 0.1) is 4.90 Å². The summed E-state index contributed by atoms with van der Waals surface area (Å²) >= 11 is 3.28. The van der Waals surface area contributed by atoms with Crippen molar-refractivity contribution in [3.8, 4) is 0 Å². The normalized spacial score (nSPS) is 19.2. The Balaban J connectivity index is 2.01. The molecule has 1 atom stereocenters. The van der Waals surface area contributed by atoms with Gasteiger partial charge in [-0.25, -0.2) is 8.42 Å². The quantitative estimate of drug-likeness (QED) is 0.581. The highest BCUT2D eigenvalue weighted by Gasteiger charge is 2.37. The molecule has 1 aliphatic heterocycles. The molecule has 1 heterocycles. The number of hydrogen-bond acceptors (Lipinski definition) is 3. The van der Waals surface area contributed by atoms with Crippen molar-refractivity contribution in [3.05, 3.63) is 65.2 Å². The number of aryl methyl sites for hydroxylation is 1. The largest absolute Gasteiger partial charge is 0.291 e. The Hall–Kier alpha value is -1.50. The van der Waals surface area contributed by atoms with E-state index in [1.165, 1.54) is 4.31 Å². The number of rotatable bonds is 2. The molecule has 23 heavy (non-hydrogen) atoms. The number of carbonyl (C=O) groups excluding carboxylic acids is 1. The number of benzene rings is 2. The third kappa shape index (κ3) is 2.98. The molecule has 3 rings (SSSR count). The highest BCUT2D eigenvalue weighted by molar-refractivity contribution is 9.10. The number of carbonyl (C=O) groups is 1. The van der Waals surface area contributed by atoms with Gasteiger partial charge in [-0.2, -0.15) is 4.31 Å². The summed E-state index contributed by atoms with van der Waals surface area (Å²) in [5.41, 5.74) is 2.44. The minimum Gasteiger partial charge on any atom is -0.291 e. The maximum absolute atomic E-state index is 12.9. The predicted octanol–water partition coefficient (Wildman–Crippen LogP) is 3.15. The van der Waals surface area contributed by atoms with E-state index in [9.17, 15) is 13.2 Å². The molecule has 0 aliphatic carbocycles. The first-order valence-corrected chi connectivity index (χ1v) is 9.61. The van der Waals surface area contributed by atoms with Crippen molar-refractivity contribution >= 4 is 31.7 Å². The molecule has 0 bridgehead atoms. The van der Waals surface area contributed by atoms with Gasteiger partial charge in [-0.3, -0.25) is 4.79 Å². The third-order valence-corrected chi connectivity index (χ3v) is 7.04. The summed E-state index contributed by atoms with van der Waals surface area (Å²) in [6, 6.07) is 13.9. The van der Waals surface area contributed by atoms with Crippen molar-refractivity contribution in [2.24, 2.45) is 0 Å². The van der Waals surface area contributed by atoms with Gasteiger partial charge in [0, 0.05) is 12.1 Å². The van der Waals surface area contributed by atoms with Crippen LogP contribution in [-0.2, 0) is 16.4 Å². The molecule has 0 N–H and O–H groups in total. The van der Waals surface area contributed by atoms with Gasteiger partial charge in [0.15, 0.2) is 5.78 Å². The standard InChI is InChI=1S/C17H16BrNO3S/c1-12-6-8-14(9-7-12)23(21,22)19-11-10-13-4-2-3-5-15(13)16(20)17(19)18/h2-9,17H,10-11H2,1H3. The number of alkyl halides is 1. The summed E-state index contributed by atoms with van der Waals surface area (Å²) in [7, 11) is -3.74. The summed E-state index contributed by atoms with van der Waals surface area (Å²) in [6.45, 7) is 2.16. The zero-order chi connectivity index (χ0) is 16.6. The van der Waals surface area contributed by atoms with Gasteiger partial charge in [-0.05, 0) is 31.0 Å². The molecule has 4 nitrogen and oxygen atoms in total. The molecule has 0 radical (unpaired) electrons. The molecular weight excluding hydrogens is 378 g/mol. The molecule has 0 saturated heterocycles. The Morgan fingerprint density at radius 3 is 2.43 bits per heavy atom. The van der Waals surface area contributed by atoms with Crippen LogP contribution in [0.25, 0.3) is 0 Å². The van der Waals surface area contributed by atoms with Gasteiger partial charge in [0.1, 0.15) is 4.95 Å². The van der Waals surface area contributed by atoms with E-state index >= 15 is 0 Å². The van der Waals surface area contributed by atoms with Crippen molar-refractivity contribution in [3.63, 3.8) is 0 Å². The van der Waals surface area contributed by atoms with E-state index in [0.717, 1.165) is 11.1 Å². The number of halogens is 1. The summed E-state index contributed by atoms with van der Waals surface area (Å²) in [6.07, 6.45) is 0.509. The molecule has 0 spiro atoms. The average Bonchev–Trinajstić information content (AvgIpc) is 2.66. The Kier molecular flexibility index (Phi) is 4.40. The van der Waals surface area contributed by atoms with E-state index in [-0.39, 0.29) is 17.2 Å². The van der Waals surface area contributed by atoms with Crippen LogP contribution in [0.5, 0.6) is 0 Å². The van der Waals surface area contributed by atoms with E-state index in [4.69, 9.17) is 0 Å². The molecule has 0 aromatic heterocycles. The van der Waals surface area contributed by atoms with Gasteiger partial charge in [0.25, 0.3) is 0 Å². The van der Waals surface area contributed by atoms with Crippen LogP contribution in [0.1, 0.15) is 21.5 Å². The molecule has 1 aliphatic rings. The predicted molar refractivity (Wildman–Crippen MR) is 92.3 cm³/mol. The fraction of sp³-hybridized carbons (Fsp3) is 0.235. The number of nitrogens with zero attached hydrogens (tertiary/aromatic N) is 1. The van der Waals surface area contributed by atoms with Gasteiger partial charge in [-0.1, -0.05) is 57.9 Å². The lowest BCUT2D eigenvalue weighted by Crippen LogP contribution is -2.40. The van der Waals surface area contributed by atoms with Gasteiger partial charge >= 0.3 is 0 Å². The Bertz CT molecular complexity index is 846. The van der Waals surface area contributed by atoms with Crippen LogP contribution in [-0.4, -0.2) is 30.0 Å². The Morgan fingerprint density at radius 1 is 1.09 bits per heavy atom. The fourth-order valence-electron chi connectivity index (χ4n) is 2.67. The summed E-state index contributed by atoms with van der Waals surface area (Å²) in [5, 5.41) is 0. The zero-order valence-corrected chi connectivity index (χ0v) is 15.0. The first-order valence-electron chi connectivity index (χ1n) is 7.26. The van der Waals surface area contributed by atoms with Crippen LogP contribution in [0.15, 0.2) is 53.4 Å². The van der Waals surface area contributed by atoms with Crippen LogP contribution in [0, 0.1) is 6.92 Å². The van der Waals surface area contributed by atoms with E-state index in [2.05, 4.69) is 15.9 Å². The van der Waals surface area contributed by atoms with Crippen molar-refractivity contribution in [1.29, 1.82) is 0 Å². The van der Waals surface area contributed by atoms with Crippen LogP contribution in [0.4, 0.5) is 0 Å². The molecule has 1 unspecified atom stereocenters. The number of ketones is 1. The van der Waals surface area contributed by atoms with E-state index in [1.54, 1.807) is 36.4 Å². The van der Waals surface area contributed by atoms with Gasteiger partial charge in [0.2, 0.25) is 10.0 Å². The van der Waals surface area contributed by atoms with Crippen molar-refractivity contribution < 1.29 is 13.2 Å². The molecule has 2 aromatic carbocycles. The monoisotopic (exact) mass is 393 g/mol. The van der Waals surface area contributed by atoms with Crippen molar-refractivity contribution in [2.75, 3.05) is 6.54 Å². The zero-order valence-electron chi connectivity index (χ0n) is 12.6. The smallest absolute Gasteiger partial charge is 0.244 e. The van der Waals surface area contributed by atoms with Crippen LogP contribution in [0.3, 0.4) is 0 Å². The second-order valence-corrected chi connectivity index (χ2v) is 8.29. The SMILES string of the molecule is Cc1ccc(S(=O)(=O)N2CCc3ccccc3C(=O)C2Br)cc1. The van der Waals surface area contributed by atoms with E-state index < -0.39 is 15.0 Å². The van der Waals surface area contributed by atoms with Crippen LogP contribution >= 0.6 is 15.9 Å². The maximum atomic E-state index is 12.9. The number of sulfonamides is 1. The third-order valence-electron chi connectivity index (χ3n) is 3.98. The van der Waals surface area contributed by atoms with Gasteiger partial charge in [-0.15, -0.1) is 0 Å². The average molecular weight is 394 g/mol.